The van der Waals surface area contributed by atoms with Gasteiger partial charge < -0.3 is 10.1 Å². The summed E-state index contributed by atoms with van der Waals surface area (Å²) < 4.78 is 6.09. The van der Waals surface area contributed by atoms with Gasteiger partial charge in [0.25, 0.3) is 5.91 Å². The van der Waals surface area contributed by atoms with E-state index in [1.165, 1.54) is 16.7 Å². The average Bonchev–Trinajstić information content (AvgIpc) is 2.98. The van der Waals surface area contributed by atoms with E-state index >= 15 is 0 Å². The second-order valence-electron chi connectivity index (χ2n) is 9.56. The molecule has 8 nitrogen and oxygen atoms in total. The number of hydrogen-bond acceptors (Lipinski definition) is 7. The van der Waals surface area contributed by atoms with Crippen molar-refractivity contribution in [2.75, 3.05) is 17.4 Å². The van der Waals surface area contributed by atoms with Crippen LogP contribution in [0.1, 0.15) is 24.2 Å². The standard InChI is InChI=1S/C31H29N3O5S/c1-20(2)24-19-40-30-26(32-25(35)18-33(38)23-16-10-5-11-17-23)29(36)34(30)27(24)31(37)39-28(21-12-6-3-7-13-21)22-14-8-4-9-15-22/h3-17,26,28,30,38H,1,18-19H2,2H3,(H,32,35)/t26?,30-/m0/s1. The zero-order valence-electron chi connectivity index (χ0n) is 21.9. The lowest BCUT2D eigenvalue weighted by Crippen LogP contribution is -2.71. The third-order valence-corrected chi connectivity index (χ3v) is 8.05. The number of rotatable bonds is 9. The SMILES string of the molecule is C=C(C)C1=C(C(=O)OC(c2ccccc2)c2ccccc2)N2C(=O)C(NC(=O)CN(O)c3ccccc3)[C@@H]2SC1. The third-order valence-electron chi connectivity index (χ3n) is 6.77. The van der Waals surface area contributed by atoms with Gasteiger partial charge in [-0.3, -0.25) is 19.7 Å². The second-order valence-corrected chi connectivity index (χ2v) is 10.7. The van der Waals surface area contributed by atoms with Crippen LogP contribution in [-0.2, 0) is 19.1 Å². The van der Waals surface area contributed by atoms with Crippen LogP contribution in [0.2, 0.25) is 0 Å². The number of allylic oxidation sites excluding steroid dienone is 1. The van der Waals surface area contributed by atoms with E-state index in [0.29, 0.717) is 22.6 Å². The number of esters is 1. The van der Waals surface area contributed by atoms with Crippen molar-refractivity contribution in [3.05, 3.63) is 126 Å². The Balaban J connectivity index is 1.35. The van der Waals surface area contributed by atoms with E-state index in [1.54, 1.807) is 37.3 Å². The van der Waals surface area contributed by atoms with E-state index in [-0.39, 0.29) is 12.2 Å². The number of benzene rings is 3. The van der Waals surface area contributed by atoms with Crippen molar-refractivity contribution in [1.29, 1.82) is 0 Å². The molecular weight excluding hydrogens is 526 g/mol. The zero-order chi connectivity index (χ0) is 28.2. The van der Waals surface area contributed by atoms with Gasteiger partial charge in [-0.15, -0.1) is 11.8 Å². The first-order valence-corrected chi connectivity index (χ1v) is 13.9. The molecule has 0 aromatic heterocycles. The smallest absolute Gasteiger partial charge is 0.356 e. The Kier molecular flexibility index (Phi) is 8.04. The predicted octanol–water partition coefficient (Wildman–Crippen LogP) is 4.45. The van der Waals surface area contributed by atoms with E-state index in [2.05, 4.69) is 11.9 Å². The van der Waals surface area contributed by atoms with E-state index < -0.39 is 35.3 Å². The van der Waals surface area contributed by atoms with Crippen LogP contribution in [0.3, 0.4) is 0 Å². The van der Waals surface area contributed by atoms with Crippen molar-refractivity contribution >= 4 is 35.2 Å². The van der Waals surface area contributed by atoms with Gasteiger partial charge in [0, 0.05) is 5.75 Å². The van der Waals surface area contributed by atoms with Crippen molar-refractivity contribution in [1.82, 2.24) is 10.2 Å². The molecule has 0 spiro atoms. The fourth-order valence-corrected chi connectivity index (χ4v) is 6.18. The van der Waals surface area contributed by atoms with E-state index in [1.807, 2.05) is 60.7 Å². The Hall–Kier alpha value is -4.34. The monoisotopic (exact) mass is 555 g/mol. The molecule has 2 amide bonds. The van der Waals surface area contributed by atoms with Gasteiger partial charge in [0.1, 0.15) is 23.7 Å². The lowest BCUT2D eigenvalue weighted by molar-refractivity contribution is -0.154. The Morgan fingerprint density at radius 2 is 1.57 bits per heavy atom. The lowest BCUT2D eigenvalue weighted by atomic mass is 9.99. The Bertz CT molecular complexity index is 1410. The van der Waals surface area contributed by atoms with Crippen molar-refractivity contribution in [3.8, 4) is 0 Å². The first-order chi connectivity index (χ1) is 19.3. The highest BCUT2D eigenvalue weighted by molar-refractivity contribution is 8.00. The third kappa shape index (κ3) is 5.52. The summed E-state index contributed by atoms with van der Waals surface area (Å²) in [5.41, 5.74) is 3.50. The number of amides is 2. The van der Waals surface area contributed by atoms with Gasteiger partial charge in [-0.25, -0.2) is 9.86 Å². The molecule has 0 aliphatic carbocycles. The van der Waals surface area contributed by atoms with Crippen molar-refractivity contribution < 1.29 is 24.3 Å². The molecule has 2 atom stereocenters. The summed E-state index contributed by atoms with van der Waals surface area (Å²) >= 11 is 1.44. The summed E-state index contributed by atoms with van der Waals surface area (Å²) in [7, 11) is 0. The highest BCUT2D eigenvalue weighted by Crippen LogP contribution is 2.43. The van der Waals surface area contributed by atoms with Gasteiger partial charge in [0.05, 0.1) is 5.69 Å². The first kappa shape index (κ1) is 27.2. The number of carbonyl (C=O) groups is 3. The first-order valence-electron chi connectivity index (χ1n) is 12.8. The zero-order valence-corrected chi connectivity index (χ0v) is 22.7. The molecule has 3 aromatic carbocycles. The topological polar surface area (TPSA) is 99.2 Å². The van der Waals surface area contributed by atoms with E-state index in [9.17, 15) is 19.6 Å². The van der Waals surface area contributed by atoms with Crippen molar-refractivity contribution in [2.45, 2.75) is 24.4 Å². The molecule has 2 aliphatic rings. The molecule has 1 unspecified atom stereocenters. The minimum atomic E-state index is -0.838. The van der Waals surface area contributed by atoms with Crippen LogP contribution in [0.25, 0.3) is 0 Å². The molecule has 1 saturated heterocycles. The number of thioether (sulfide) groups is 1. The Morgan fingerprint density at radius 1 is 1.02 bits per heavy atom. The summed E-state index contributed by atoms with van der Waals surface area (Å²) in [4.78, 5) is 41.2. The molecule has 0 bridgehead atoms. The number of hydroxylamine groups is 1. The predicted molar refractivity (Wildman–Crippen MR) is 153 cm³/mol. The van der Waals surface area contributed by atoms with Crippen LogP contribution < -0.4 is 10.4 Å². The molecule has 40 heavy (non-hydrogen) atoms. The number of anilines is 1. The number of nitrogens with zero attached hydrogens (tertiary/aromatic N) is 2. The van der Waals surface area contributed by atoms with Gasteiger partial charge in [-0.05, 0) is 35.8 Å². The van der Waals surface area contributed by atoms with Crippen molar-refractivity contribution in [2.24, 2.45) is 0 Å². The normalized spacial score (nSPS) is 18.1. The van der Waals surface area contributed by atoms with E-state index in [0.717, 1.165) is 16.2 Å². The summed E-state index contributed by atoms with van der Waals surface area (Å²) in [6.45, 7) is 5.47. The molecule has 0 radical (unpaired) electrons. The summed E-state index contributed by atoms with van der Waals surface area (Å²) in [6.07, 6.45) is -0.679. The van der Waals surface area contributed by atoms with Crippen LogP contribution >= 0.6 is 11.8 Å². The van der Waals surface area contributed by atoms with E-state index in [4.69, 9.17) is 4.74 Å². The minimum absolute atomic E-state index is 0.150. The quantitative estimate of drug-likeness (QED) is 0.229. The maximum absolute atomic E-state index is 13.8. The van der Waals surface area contributed by atoms with Crippen LogP contribution in [0.4, 0.5) is 5.69 Å². The van der Waals surface area contributed by atoms with Crippen LogP contribution in [-0.4, -0.2) is 51.6 Å². The van der Waals surface area contributed by atoms with Crippen molar-refractivity contribution in [3.63, 3.8) is 0 Å². The van der Waals surface area contributed by atoms with Crippen LogP contribution in [0.15, 0.2) is 114 Å². The molecule has 3 aromatic rings. The highest BCUT2D eigenvalue weighted by atomic mass is 32.2. The summed E-state index contributed by atoms with van der Waals surface area (Å²) in [5, 5.41) is 13.3. The molecule has 2 heterocycles. The van der Waals surface area contributed by atoms with Gasteiger partial charge in [0.15, 0.2) is 6.10 Å². The molecule has 5 rings (SSSR count). The minimum Gasteiger partial charge on any atom is -0.448 e. The number of para-hydroxylation sites is 1. The number of carbonyl (C=O) groups excluding carboxylic acids is 3. The Labute approximate surface area is 236 Å². The van der Waals surface area contributed by atoms with Crippen LogP contribution in [0, 0.1) is 0 Å². The number of fused-ring (bicyclic) bond motifs is 1. The highest BCUT2D eigenvalue weighted by Gasteiger charge is 2.54. The number of β-lactam (4-membered cyclic amide) rings is 1. The molecule has 204 valence electrons. The molecular formula is C31H29N3O5S. The van der Waals surface area contributed by atoms with Gasteiger partial charge >= 0.3 is 5.97 Å². The fourth-order valence-electron chi connectivity index (χ4n) is 4.73. The second kappa shape index (κ2) is 11.8. The average molecular weight is 556 g/mol. The van der Waals surface area contributed by atoms with Crippen LogP contribution in [0.5, 0.6) is 0 Å². The molecule has 2 aliphatic heterocycles. The molecule has 2 N–H and O–H groups in total. The van der Waals surface area contributed by atoms with Gasteiger partial charge in [-0.2, -0.15) is 0 Å². The number of ether oxygens (including phenoxy) is 1. The maximum Gasteiger partial charge on any atom is 0.356 e. The fraction of sp³-hybridized carbons (Fsp3) is 0.194. The number of nitrogens with one attached hydrogen (secondary N) is 1. The number of hydrogen-bond donors (Lipinski definition) is 2. The summed E-state index contributed by atoms with van der Waals surface area (Å²) in [5.74, 6) is -1.14. The summed E-state index contributed by atoms with van der Waals surface area (Å²) in [6, 6.07) is 26.6. The molecule has 0 saturated carbocycles. The molecule has 9 heteroatoms. The van der Waals surface area contributed by atoms with Gasteiger partial charge in [0.2, 0.25) is 5.91 Å². The Morgan fingerprint density at radius 3 is 2.12 bits per heavy atom. The maximum atomic E-state index is 13.8. The largest absolute Gasteiger partial charge is 0.448 e. The van der Waals surface area contributed by atoms with Gasteiger partial charge in [-0.1, -0.05) is 91.0 Å². The molecule has 1 fully saturated rings. The lowest BCUT2D eigenvalue weighted by Gasteiger charge is -2.50.